The van der Waals surface area contributed by atoms with Crippen molar-refractivity contribution >= 4 is 5.91 Å². The van der Waals surface area contributed by atoms with Gasteiger partial charge in [-0.15, -0.1) is 0 Å². The fourth-order valence-electron chi connectivity index (χ4n) is 4.75. The largest absolute Gasteiger partial charge is 0.488 e. The van der Waals surface area contributed by atoms with Gasteiger partial charge in [0.25, 0.3) is 11.5 Å². The van der Waals surface area contributed by atoms with E-state index in [2.05, 4.69) is 4.98 Å². The zero-order valence-corrected chi connectivity index (χ0v) is 17.8. The number of carbonyl (C=O) groups excluding carboxylic acids is 1. The number of amides is 1. The summed E-state index contributed by atoms with van der Waals surface area (Å²) < 4.78 is 9.64. The summed E-state index contributed by atoms with van der Waals surface area (Å²) in [6.07, 6.45) is 6.27. The van der Waals surface area contributed by atoms with Crippen LogP contribution in [0, 0.1) is 13.8 Å². The second-order valence-electron chi connectivity index (χ2n) is 8.40. The van der Waals surface area contributed by atoms with Crippen LogP contribution < -0.4 is 10.3 Å². The zero-order chi connectivity index (χ0) is 21.5. The monoisotopic (exact) mass is 418 g/mol. The van der Waals surface area contributed by atoms with Crippen molar-refractivity contribution in [3.63, 3.8) is 0 Å². The Labute approximate surface area is 180 Å². The van der Waals surface area contributed by atoms with Crippen LogP contribution in [0.2, 0.25) is 0 Å². The van der Waals surface area contributed by atoms with E-state index in [1.54, 1.807) is 27.6 Å². The summed E-state index contributed by atoms with van der Waals surface area (Å²) in [5, 5.41) is 0. The van der Waals surface area contributed by atoms with Gasteiger partial charge < -0.3 is 18.8 Å². The number of ether oxygens (including phenoxy) is 1. The van der Waals surface area contributed by atoms with Gasteiger partial charge in [0.1, 0.15) is 23.2 Å². The molecule has 0 saturated heterocycles. The van der Waals surface area contributed by atoms with Crippen LogP contribution >= 0.6 is 0 Å². The van der Waals surface area contributed by atoms with E-state index in [0.717, 1.165) is 36.3 Å². The molecule has 0 radical (unpaired) electrons. The maximum Gasteiger partial charge on any atom is 0.275 e. The van der Waals surface area contributed by atoms with E-state index in [1.165, 1.54) is 0 Å². The summed E-state index contributed by atoms with van der Waals surface area (Å²) in [5.41, 5.74) is 2.72. The van der Waals surface area contributed by atoms with Crippen LogP contribution in [0.25, 0.3) is 5.69 Å². The van der Waals surface area contributed by atoms with Crippen LogP contribution in [0.3, 0.4) is 0 Å². The van der Waals surface area contributed by atoms with Crippen molar-refractivity contribution in [2.24, 2.45) is 0 Å². The topological polar surface area (TPSA) is 69.4 Å². The Bertz CT molecular complexity index is 1200. The molecule has 1 fully saturated rings. The van der Waals surface area contributed by atoms with Gasteiger partial charge in [-0.3, -0.25) is 9.59 Å². The molecule has 0 unspecified atom stereocenters. The van der Waals surface area contributed by atoms with Crippen molar-refractivity contribution in [2.75, 3.05) is 6.54 Å². The highest BCUT2D eigenvalue weighted by atomic mass is 16.5. The highest BCUT2D eigenvalue weighted by Crippen LogP contribution is 2.31. The van der Waals surface area contributed by atoms with E-state index in [9.17, 15) is 9.59 Å². The van der Waals surface area contributed by atoms with Gasteiger partial charge in [0.05, 0.1) is 18.1 Å². The SMILES string of the molecule is Cc1cn(-c2ccc3n(c2=O)CCN([C@H]2CCC[C@@H]2Oc2ccccc2C)C3=O)cn1. The lowest BCUT2D eigenvalue weighted by atomic mass is 10.1. The first-order valence-corrected chi connectivity index (χ1v) is 10.8. The molecule has 1 saturated carbocycles. The number of hydrogen-bond acceptors (Lipinski definition) is 4. The van der Waals surface area contributed by atoms with Gasteiger partial charge in [0.15, 0.2) is 0 Å². The molecule has 5 rings (SSSR count). The Balaban J connectivity index is 1.41. The van der Waals surface area contributed by atoms with E-state index in [0.29, 0.717) is 24.5 Å². The van der Waals surface area contributed by atoms with Gasteiger partial charge in [-0.05, 0) is 56.9 Å². The summed E-state index contributed by atoms with van der Waals surface area (Å²) >= 11 is 0. The molecular weight excluding hydrogens is 392 g/mol. The second-order valence-corrected chi connectivity index (χ2v) is 8.40. The molecule has 2 aliphatic rings. The lowest BCUT2D eigenvalue weighted by molar-refractivity contribution is 0.0444. The molecule has 3 aromatic rings. The second kappa shape index (κ2) is 7.72. The summed E-state index contributed by atoms with van der Waals surface area (Å²) in [4.78, 5) is 32.5. The standard InChI is InChI=1S/C24H26N4O3/c1-16-6-3-4-8-21(16)31-22-9-5-7-18(22)27-12-13-28-20(24(27)30)11-10-19(23(28)29)26-14-17(2)25-15-26/h3-4,6,8,10-11,14-15,18,22H,5,7,9,12-13H2,1-2H3/t18-,22-/m0/s1. The van der Waals surface area contributed by atoms with Crippen molar-refractivity contribution in [2.45, 2.75) is 51.8 Å². The van der Waals surface area contributed by atoms with E-state index in [4.69, 9.17) is 4.74 Å². The number of imidazole rings is 1. The van der Waals surface area contributed by atoms with Crippen molar-refractivity contribution in [3.05, 3.63) is 76.2 Å². The lowest BCUT2D eigenvalue weighted by Gasteiger charge is -2.37. The fourth-order valence-corrected chi connectivity index (χ4v) is 4.75. The molecule has 2 aromatic heterocycles. The normalized spacial score (nSPS) is 20.7. The number of rotatable bonds is 4. The third-order valence-electron chi connectivity index (χ3n) is 6.38. The first-order valence-electron chi connectivity index (χ1n) is 10.8. The number of carbonyl (C=O) groups is 1. The highest BCUT2D eigenvalue weighted by Gasteiger charge is 2.39. The molecule has 7 nitrogen and oxygen atoms in total. The summed E-state index contributed by atoms with van der Waals surface area (Å²) in [7, 11) is 0. The van der Waals surface area contributed by atoms with Crippen molar-refractivity contribution < 1.29 is 9.53 Å². The number of fused-ring (bicyclic) bond motifs is 1. The molecule has 2 atom stereocenters. The third kappa shape index (κ3) is 3.44. The van der Waals surface area contributed by atoms with Crippen LogP contribution in [0.1, 0.15) is 41.0 Å². The average Bonchev–Trinajstić information content (AvgIpc) is 3.40. The number of aryl methyl sites for hydroxylation is 2. The molecule has 1 aromatic carbocycles. The molecule has 0 N–H and O–H groups in total. The highest BCUT2D eigenvalue weighted by molar-refractivity contribution is 5.93. The minimum atomic E-state index is -0.165. The van der Waals surface area contributed by atoms with E-state index < -0.39 is 0 Å². The molecule has 3 heterocycles. The van der Waals surface area contributed by atoms with Gasteiger partial charge >= 0.3 is 0 Å². The Hall–Kier alpha value is -3.35. The third-order valence-corrected chi connectivity index (χ3v) is 6.38. The summed E-state index contributed by atoms with van der Waals surface area (Å²) in [6, 6.07) is 11.5. The number of pyridine rings is 1. The number of para-hydroxylation sites is 1. The van der Waals surface area contributed by atoms with Crippen LogP contribution in [0.5, 0.6) is 5.75 Å². The molecule has 1 amide bonds. The number of hydrogen-bond donors (Lipinski definition) is 0. The molecule has 31 heavy (non-hydrogen) atoms. The van der Waals surface area contributed by atoms with Gasteiger partial charge in [-0.25, -0.2) is 4.98 Å². The van der Waals surface area contributed by atoms with Gasteiger partial charge in [-0.2, -0.15) is 0 Å². The van der Waals surface area contributed by atoms with Crippen LogP contribution in [-0.2, 0) is 6.54 Å². The van der Waals surface area contributed by atoms with E-state index in [-0.39, 0.29) is 23.6 Å². The Kier molecular flexibility index (Phi) is 4.88. The molecule has 0 spiro atoms. The summed E-state index contributed by atoms with van der Waals surface area (Å²) in [5.74, 6) is 0.780. The van der Waals surface area contributed by atoms with E-state index in [1.807, 2.05) is 49.2 Å². The van der Waals surface area contributed by atoms with Crippen molar-refractivity contribution in [3.8, 4) is 11.4 Å². The van der Waals surface area contributed by atoms with Crippen LogP contribution in [-0.4, -0.2) is 43.6 Å². The lowest BCUT2D eigenvalue weighted by Crippen LogP contribution is -2.52. The Morgan fingerprint density at radius 1 is 1.03 bits per heavy atom. The van der Waals surface area contributed by atoms with Crippen LogP contribution in [0.15, 0.2) is 53.7 Å². The first-order chi connectivity index (χ1) is 15.0. The number of nitrogens with zero attached hydrogens (tertiary/aromatic N) is 4. The van der Waals surface area contributed by atoms with E-state index >= 15 is 0 Å². The molecule has 1 aliphatic carbocycles. The molecule has 160 valence electrons. The predicted octanol–water partition coefficient (Wildman–Crippen LogP) is 3.11. The van der Waals surface area contributed by atoms with Gasteiger partial charge in [0.2, 0.25) is 0 Å². The fraction of sp³-hybridized carbons (Fsp3) is 0.375. The molecule has 7 heteroatoms. The molecule has 0 bridgehead atoms. The maximum atomic E-state index is 13.4. The van der Waals surface area contributed by atoms with Crippen LogP contribution in [0.4, 0.5) is 0 Å². The number of benzene rings is 1. The Morgan fingerprint density at radius 3 is 2.65 bits per heavy atom. The Morgan fingerprint density at radius 2 is 1.87 bits per heavy atom. The smallest absolute Gasteiger partial charge is 0.275 e. The van der Waals surface area contributed by atoms with Crippen molar-refractivity contribution in [1.29, 1.82) is 0 Å². The van der Waals surface area contributed by atoms with Crippen molar-refractivity contribution in [1.82, 2.24) is 19.0 Å². The number of aromatic nitrogens is 3. The first kappa shape index (κ1) is 19.6. The van der Waals surface area contributed by atoms with Gasteiger partial charge in [-0.1, -0.05) is 18.2 Å². The molecular formula is C24H26N4O3. The quantitative estimate of drug-likeness (QED) is 0.653. The minimum absolute atomic E-state index is 0.0203. The predicted molar refractivity (Wildman–Crippen MR) is 117 cm³/mol. The zero-order valence-electron chi connectivity index (χ0n) is 17.8. The summed E-state index contributed by atoms with van der Waals surface area (Å²) in [6.45, 7) is 4.91. The maximum absolute atomic E-state index is 13.4. The minimum Gasteiger partial charge on any atom is -0.488 e. The average molecular weight is 418 g/mol. The van der Waals surface area contributed by atoms with Gasteiger partial charge in [0, 0.05) is 19.3 Å². The molecule has 1 aliphatic heterocycles.